The number of rotatable bonds is 5. The van der Waals surface area contributed by atoms with E-state index in [1.807, 2.05) is 91.5 Å². The molecule has 0 unspecified atom stereocenters. The van der Waals surface area contributed by atoms with Crippen LogP contribution in [-0.4, -0.2) is 16.6 Å². The summed E-state index contributed by atoms with van der Waals surface area (Å²) in [7, 11) is 0. The maximum absolute atomic E-state index is 13.1. The van der Waals surface area contributed by atoms with E-state index in [0.29, 0.717) is 5.56 Å². The predicted molar refractivity (Wildman–Crippen MR) is 110 cm³/mol. The first-order chi connectivity index (χ1) is 13.6. The van der Waals surface area contributed by atoms with Crippen molar-refractivity contribution in [3.8, 4) is 0 Å². The average Bonchev–Trinajstić information content (AvgIpc) is 2.74. The number of Topliss-reactive ketones (excluding diaryl/α,β-unsaturated/α-hetero) is 1. The third-order valence-electron chi connectivity index (χ3n) is 5.59. The van der Waals surface area contributed by atoms with Gasteiger partial charge in [0.1, 0.15) is 5.92 Å². The zero-order valence-corrected chi connectivity index (χ0v) is 16.1. The van der Waals surface area contributed by atoms with Crippen LogP contribution in [0.15, 0.2) is 84.9 Å². The molecule has 1 amide bonds. The van der Waals surface area contributed by atoms with Gasteiger partial charge in [-0.1, -0.05) is 90.5 Å². The van der Waals surface area contributed by atoms with E-state index in [0.717, 1.165) is 16.7 Å². The molecule has 0 N–H and O–H groups in total. The van der Waals surface area contributed by atoms with Crippen LogP contribution in [0.4, 0.5) is 0 Å². The molecule has 1 aliphatic heterocycles. The first-order valence-electron chi connectivity index (χ1n) is 9.61. The van der Waals surface area contributed by atoms with Crippen LogP contribution in [0.2, 0.25) is 0 Å². The Hall–Kier alpha value is -3.20. The summed E-state index contributed by atoms with van der Waals surface area (Å²) in [6.07, 6.45) is 0. The molecule has 4 rings (SSSR count). The van der Waals surface area contributed by atoms with Crippen LogP contribution in [0.1, 0.15) is 46.1 Å². The fraction of sp³-hybridized carbons (Fsp3) is 0.200. The van der Waals surface area contributed by atoms with E-state index < -0.39 is 5.92 Å². The summed E-state index contributed by atoms with van der Waals surface area (Å²) in [5, 5.41) is 0. The molecule has 1 aliphatic rings. The Labute approximate surface area is 165 Å². The highest BCUT2D eigenvalue weighted by atomic mass is 16.2. The summed E-state index contributed by atoms with van der Waals surface area (Å²) in [5.74, 6) is -0.875. The van der Waals surface area contributed by atoms with Gasteiger partial charge in [-0.3, -0.25) is 9.59 Å². The van der Waals surface area contributed by atoms with Crippen molar-refractivity contribution in [3.63, 3.8) is 0 Å². The molecule has 3 atom stereocenters. The minimum Gasteiger partial charge on any atom is -0.327 e. The second-order valence-corrected chi connectivity index (χ2v) is 7.40. The summed E-state index contributed by atoms with van der Waals surface area (Å²) in [4.78, 5) is 28.1. The normalized spacial score (nSPS) is 19.8. The Morgan fingerprint density at radius 1 is 0.857 bits per heavy atom. The molecule has 1 fully saturated rings. The number of aryl methyl sites for hydroxylation is 1. The Bertz CT molecular complexity index is 980. The summed E-state index contributed by atoms with van der Waals surface area (Å²) >= 11 is 0. The highest BCUT2D eigenvalue weighted by molar-refractivity contribution is 6.14. The van der Waals surface area contributed by atoms with E-state index in [2.05, 4.69) is 0 Å². The van der Waals surface area contributed by atoms with Gasteiger partial charge in [-0.15, -0.1) is 0 Å². The van der Waals surface area contributed by atoms with Crippen LogP contribution in [0.3, 0.4) is 0 Å². The van der Waals surface area contributed by atoms with Crippen molar-refractivity contribution in [2.45, 2.75) is 25.9 Å². The molecule has 3 aromatic carbocycles. The highest BCUT2D eigenvalue weighted by Gasteiger charge is 2.53. The van der Waals surface area contributed by atoms with Crippen LogP contribution in [0.5, 0.6) is 0 Å². The molecule has 0 radical (unpaired) electrons. The summed E-state index contributed by atoms with van der Waals surface area (Å²) in [6, 6.07) is 26.9. The molecule has 3 heteroatoms. The third-order valence-corrected chi connectivity index (χ3v) is 5.59. The number of hydrogen-bond acceptors (Lipinski definition) is 2. The zero-order valence-electron chi connectivity index (χ0n) is 16.1. The van der Waals surface area contributed by atoms with E-state index in [1.54, 1.807) is 12.1 Å². The number of nitrogens with zero attached hydrogens (tertiary/aromatic N) is 1. The zero-order chi connectivity index (χ0) is 19.7. The Morgan fingerprint density at radius 3 is 2.04 bits per heavy atom. The second kappa shape index (κ2) is 7.43. The molecular weight excluding hydrogens is 346 g/mol. The number of carbonyl (C=O) groups excluding carboxylic acids is 2. The number of hydrogen-bond donors (Lipinski definition) is 0. The topological polar surface area (TPSA) is 37.4 Å². The van der Waals surface area contributed by atoms with Crippen LogP contribution in [0.25, 0.3) is 0 Å². The number of β-lactam (4-membered cyclic amide) rings is 1. The quantitative estimate of drug-likeness (QED) is 0.355. The monoisotopic (exact) mass is 369 g/mol. The van der Waals surface area contributed by atoms with Crippen molar-refractivity contribution >= 4 is 11.7 Å². The van der Waals surface area contributed by atoms with Crippen molar-refractivity contribution in [1.82, 2.24) is 4.90 Å². The Morgan fingerprint density at radius 2 is 1.43 bits per heavy atom. The number of benzene rings is 3. The van der Waals surface area contributed by atoms with Gasteiger partial charge in [-0.25, -0.2) is 0 Å². The van der Waals surface area contributed by atoms with Crippen molar-refractivity contribution in [1.29, 1.82) is 0 Å². The van der Waals surface area contributed by atoms with Crippen LogP contribution in [-0.2, 0) is 4.79 Å². The lowest BCUT2D eigenvalue weighted by Gasteiger charge is -2.50. The number of carbonyl (C=O) groups is 2. The molecule has 3 aromatic rings. The largest absolute Gasteiger partial charge is 0.327 e. The van der Waals surface area contributed by atoms with Crippen molar-refractivity contribution in [2.24, 2.45) is 5.92 Å². The smallest absolute Gasteiger partial charge is 0.237 e. The molecule has 0 aliphatic carbocycles. The lowest BCUT2D eigenvalue weighted by molar-refractivity contribution is -0.157. The van der Waals surface area contributed by atoms with Crippen molar-refractivity contribution in [3.05, 3.63) is 107 Å². The van der Waals surface area contributed by atoms with Gasteiger partial charge in [0.05, 0.1) is 12.1 Å². The third kappa shape index (κ3) is 3.13. The van der Waals surface area contributed by atoms with Gasteiger partial charge < -0.3 is 4.90 Å². The van der Waals surface area contributed by atoms with E-state index in [9.17, 15) is 9.59 Å². The van der Waals surface area contributed by atoms with E-state index >= 15 is 0 Å². The minimum absolute atomic E-state index is 0.0974. The number of ketones is 1. The number of amides is 1. The molecule has 140 valence electrons. The number of likely N-dealkylation sites (tertiary alicyclic amines) is 1. The van der Waals surface area contributed by atoms with Crippen molar-refractivity contribution in [2.75, 3.05) is 0 Å². The van der Waals surface area contributed by atoms with Crippen molar-refractivity contribution < 1.29 is 9.59 Å². The Balaban J connectivity index is 1.72. The molecular formula is C25H23NO2. The second-order valence-electron chi connectivity index (χ2n) is 7.40. The Kier molecular flexibility index (Phi) is 4.82. The van der Waals surface area contributed by atoms with Gasteiger partial charge in [0.2, 0.25) is 5.91 Å². The molecule has 3 nitrogen and oxygen atoms in total. The van der Waals surface area contributed by atoms with Gasteiger partial charge in [0.15, 0.2) is 5.78 Å². The fourth-order valence-corrected chi connectivity index (χ4v) is 3.99. The first-order valence-corrected chi connectivity index (χ1v) is 9.61. The standard InChI is InChI=1S/C25H23NO2/c1-17-13-15-20(16-14-17)23-22(24(27)21-11-7-4-8-12-21)25(28)26(23)18(2)19-9-5-3-6-10-19/h3-16,18,22-23H,1-2H3/t18-,22+,23-/m1/s1. The summed E-state index contributed by atoms with van der Waals surface area (Å²) in [6.45, 7) is 4.06. The molecule has 1 heterocycles. The molecule has 0 bridgehead atoms. The lowest BCUT2D eigenvalue weighted by atomic mass is 9.76. The molecule has 0 saturated carbocycles. The van der Waals surface area contributed by atoms with E-state index in [1.165, 1.54) is 0 Å². The van der Waals surface area contributed by atoms with Crippen LogP contribution >= 0.6 is 0 Å². The van der Waals surface area contributed by atoms with Gasteiger partial charge in [0, 0.05) is 5.56 Å². The maximum atomic E-state index is 13.1. The maximum Gasteiger partial charge on any atom is 0.237 e. The van der Waals surface area contributed by atoms with E-state index in [-0.39, 0.29) is 23.8 Å². The van der Waals surface area contributed by atoms with E-state index in [4.69, 9.17) is 0 Å². The fourth-order valence-electron chi connectivity index (χ4n) is 3.99. The molecule has 0 aromatic heterocycles. The lowest BCUT2D eigenvalue weighted by Crippen LogP contribution is -2.58. The first kappa shape index (κ1) is 18.2. The minimum atomic E-state index is -0.670. The predicted octanol–water partition coefficient (Wildman–Crippen LogP) is 5.14. The van der Waals surface area contributed by atoms with Crippen LogP contribution < -0.4 is 0 Å². The summed E-state index contributed by atoms with van der Waals surface area (Å²) < 4.78 is 0. The highest BCUT2D eigenvalue weighted by Crippen LogP contribution is 2.46. The van der Waals surface area contributed by atoms with Gasteiger partial charge in [-0.2, -0.15) is 0 Å². The SMILES string of the molecule is Cc1ccc([C@@H]2[C@@H](C(=O)c3ccccc3)C(=O)N2[C@H](C)c2ccccc2)cc1. The van der Waals surface area contributed by atoms with Gasteiger partial charge >= 0.3 is 0 Å². The molecule has 1 saturated heterocycles. The molecule has 0 spiro atoms. The average molecular weight is 369 g/mol. The van der Waals surface area contributed by atoms with Gasteiger partial charge in [-0.05, 0) is 25.0 Å². The summed E-state index contributed by atoms with van der Waals surface area (Å²) in [5.41, 5.74) is 3.81. The van der Waals surface area contributed by atoms with Crippen LogP contribution in [0, 0.1) is 12.8 Å². The molecule has 28 heavy (non-hydrogen) atoms. The van der Waals surface area contributed by atoms with Gasteiger partial charge in [0.25, 0.3) is 0 Å².